The number of rotatable bonds is 4. The van der Waals surface area contributed by atoms with Crippen molar-refractivity contribution in [3.05, 3.63) is 24.0 Å². The summed E-state index contributed by atoms with van der Waals surface area (Å²) in [5, 5.41) is 0. The summed E-state index contributed by atoms with van der Waals surface area (Å²) in [4.78, 5) is 4.11. The van der Waals surface area contributed by atoms with Gasteiger partial charge in [0.2, 0.25) is 0 Å². The molecule has 100 valence electrons. The Labute approximate surface area is 109 Å². The van der Waals surface area contributed by atoms with Gasteiger partial charge < -0.3 is 16.2 Å². The third-order valence-corrected chi connectivity index (χ3v) is 3.99. The third-order valence-electron chi connectivity index (χ3n) is 3.99. The molecular formula is C14H23N3O. The van der Waals surface area contributed by atoms with E-state index >= 15 is 0 Å². The van der Waals surface area contributed by atoms with Crippen molar-refractivity contribution in [2.75, 3.05) is 12.8 Å². The van der Waals surface area contributed by atoms with Gasteiger partial charge in [-0.05, 0) is 24.8 Å². The molecule has 1 aliphatic rings. The highest BCUT2D eigenvalue weighted by atomic mass is 16.5. The predicted molar refractivity (Wildman–Crippen MR) is 72.9 cm³/mol. The summed E-state index contributed by atoms with van der Waals surface area (Å²) in [6.45, 7) is 0. The minimum absolute atomic E-state index is 0.0387. The average Bonchev–Trinajstić information content (AvgIpc) is 2.41. The van der Waals surface area contributed by atoms with E-state index in [9.17, 15) is 0 Å². The highest BCUT2D eigenvalue weighted by Gasteiger charge is 2.30. The van der Waals surface area contributed by atoms with E-state index in [1.165, 1.54) is 32.1 Å². The van der Waals surface area contributed by atoms with E-state index in [0.717, 1.165) is 5.56 Å². The first-order valence-electron chi connectivity index (χ1n) is 6.71. The van der Waals surface area contributed by atoms with Gasteiger partial charge in [0.1, 0.15) is 0 Å². The topological polar surface area (TPSA) is 74.2 Å². The molecule has 0 aliphatic heterocycles. The maximum Gasteiger partial charge on any atom is 0.0793 e. The largest absolute Gasteiger partial charge is 0.398 e. The molecule has 1 fully saturated rings. The Morgan fingerprint density at radius 3 is 2.67 bits per heavy atom. The van der Waals surface area contributed by atoms with Gasteiger partial charge in [0.15, 0.2) is 0 Å². The Morgan fingerprint density at radius 1 is 1.33 bits per heavy atom. The third kappa shape index (κ3) is 2.82. The highest BCUT2D eigenvalue weighted by Crippen LogP contribution is 2.34. The van der Waals surface area contributed by atoms with Crippen molar-refractivity contribution in [3.8, 4) is 0 Å². The molecule has 2 unspecified atom stereocenters. The Bertz CT molecular complexity index is 377. The smallest absolute Gasteiger partial charge is 0.0793 e. The molecule has 2 atom stereocenters. The minimum Gasteiger partial charge on any atom is -0.398 e. The Morgan fingerprint density at radius 2 is 2.06 bits per heavy atom. The lowest BCUT2D eigenvalue weighted by Gasteiger charge is -2.33. The molecule has 4 nitrogen and oxygen atoms in total. The zero-order valence-electron chi connectivity index (χ0n) is 11.0. The van der Waals surface area contributed by atoms with E-state index in [4.69, 9.17) is 16.2 Å². The van der Waals surface area contributed by atoms with Crippen LogP contribution in [0, 0.1) is 5.92 Å². The van der Waals surface area contributed by atoms with Crippen LogP contribution < -0.4 is 11.5 Å². The van der Waals surface area contributed by atoms with Gasteiger partial charge in [-0.1, -0.05) is 19.3 Å². The summed E-state index contributed by atoms with van der Waals surface area (Å²) < 4.78 is 5.65. The van der Waals surface area contributed by atoms with Crippen molar-refractivity contribution in [2.45, 2.75) is 44.2 Å². The van der Waals surface area contributed by atoms with E-state index in [2.05, 4.69) is 4.98 Å². The summed E-state index contributed by atoms with van der Waals surface area (Å²) in [6, 6.07) is 1.61. The standard InChI is InChI=1S/C14H23N3O/c1-18-14(10-5-3-2-4-6-10)13(16)11-9-17-8-7-12(11)15/h7-10,13-14H,2-6,16H2,1H3,(H2,15,17). The number of ether oxygens (including phenoxy) is 1. The molecule has 1 aromatic rings. The first kappa shape index (κ1) is 13.3. The first-order valence-corrected chi connectivity index (χ1v) is 6.71. The molecule has 4 heteroatoms. The molecule has 0 bridgehead atoms. The van der Waals surface area contributed by atoms with Crippen molar-refractivity contribution in [2.24, 2.45) is 11.7 Å². The second-order valence-electron chi connectivity index (χ2n) is 5.13. The van der Waals surface area contributed by atoms with Gasteiger partial charge in [0.05, 0.1) is 12.1 Å². The second kappa shape index (κ2) is 6.16. The van der Waals surface area contributed by atoms with Crippen LogP contribution in [0.3, 0.4) is 0 Å². The lowest BCUT2D eigenvalue weighted by Crippen LogP contribution is -2.36. The van der Waals surface area contributed by atoms with E-state index in [-0.39, 0.29) is 12.1 Å². The van der Waals surface area contributed by atoms with Gasteiger partial charge in [-0.25, -0.2) is 0 Å². The number of nitrogens with zero attached hydrogens (tertiary/aromatic N) is 1. The normalized spacial score (nSPS) is 20.6. The van der Waals surface area contributed by atoms with E-state index in [0.29, 0.717) is 11.6 Å². The number of pyridine rings is 1. The maximum atomic E-state index is 6.34. The zero-order valence-corrected chi connectivity index (χ0v) is 11.0. The molecule has 2 rings (SSSR count). The fourth-order valence-corrected chi connectivity index (χ4v) is 2.97. The van der Waals surface area contributed by atoms with Crippen LogP contribution >= 0.6 is 0 Å². The van der Waals surface area contributed by atoms with Crippen molar-refractivity contribution in [1.82, 2.24) is 4.98 Å². The SMILES string of the molecule is COC(C1CCCCC1)C(N)c1cnccc1N. The molecule has 0 aromatic carbocycles. The van der Waals surface area contributed by atoms with Crippen molar-refractivity contribution in [3.63, 3.8) is 0 Å². The quantitative estimate of drug-likeness (QED) is 0.858. The summed E-state index contributed by atoms with van der Waals surface area (Å²) in [5.74, 6) is 0.540. The molecule has 1 aliphatic carbocycles. The van der Waals surface area contributed by atoms with Gasteiger partial charge in [-0.15, -0.1) is 0 Å². The van der Waals surface area contributed by atoms with Crippen LogP contribution in [0.4, 0.5) is 5.69 Å². The van der Waals surface area contributed by atoms with Crippen molar-refractivity contribution >= 4 is 5.69 Å². The van der Waals surface area contributed by atoms with Crippen LogP contribution in [0.2, 0.25) is 0 Å². The summed E-state index contributed by atoms with van der Waals surface area (Å²) in [6.07, 6.45) is 9.77. The van der Waals surface area contributed by atoms with Gasteiger partial charge in [0.25, 0.3) is 0 Å². The van der Waals surface area contributed by atoms with Gasteiger partial charge in [-0.2, -0.15) is 0 Å². The number of nitrogen functional groups attached to an aromatic ring is 1. The Balaban J connectivity index is 2.14. The van der Waals surface area contributed by atoms with Gasteiger partial charge >= 0.3 is 0 Å². The summed E-state index contributed by atoms with van der Waals surface area (Å²) >= 11 is 0. The van der Waals surface area contributed by atoms with Gasteiger partial charge in [-0.3, -0.25) is 4.98 Å². The fourth-order valence-electron chi connectivity index (χ4n) is 2.97. The van der Waals surface area contributed by atoms with Crippen LogP contribution in [0.25, 0.3) is 0 Å². The molecule has 1 heterocycles. The average molecular weight is 249 g/mol. The van der Waals surface area contributed by atoms with Gasteiger partial charge in [0, 0.05) is 30.8 Å². The number of anilines is 1. The molecule has 0 amide bonds. The Hall–Kier alpha value is -1.13. The van der Waals surface area contributed by atoms with Crippen LogP contribution in [0.1, 0.15) is 43.7 Å². The molecule has 4 N–H and O–H groups in total. The second-order valence-corrected chi connectivity index (χ2v) is 5.13. The number of methoxy groups -OCH3 is 1. The zero-order chi connectivity index (χ0) is 13.0. The monoisotopic (exact) mass is 249 g/mol. The molecular weight excluding hydrogens is 226 g/mol. The minimum atomic E-state index is -0.188. The first-order chi connectivity index (χ1) is 8.74. The van der Waals surface area contributed by atoms with Crippen molar-refractivity contribution < 1.29 is 4.74 Å². The van der Waals surface area contributed by atoms with E-state index in [1.807, 2.05) is 0 Å². The number of nitrogens with two attached hydrogens (primary N) is 2. The van der Waals surface area contributed by atoms with Crippen molar-refractivity contribution in [1.29, 1.82) is 0 Å². The van der Waals surface area contributed by atoms with Crippen LogP contribution in [-0.2, 0) is 4.74 Å². The Kier molecular flexibility index (Phi) is 4.55. The van der Waals surface area contributed by atoms with E-state index in [1.54, 1.807) is 25.6 Å². The fraction of sp³-hybridized carbons (Fsp3) is 0.643. The predicted octanol–water partition coefficient (Wildman–Crippen LogP) is 2.26. The number of hydrogen-bond donors (Lipinski definition) is 2. The highest BCUT2D eigenvalue weighted by molar-refractivity contribution is 5.46. The lowest BCUT2D eigenvalue weighted by molar-refractivity contribution is 0.0173. The van der Waals surface area contributed by atoms with Crippen LogP contribution in [0.15, 0.2) is 18.5 Å². The summed E-state index contributed by atoms with van der Waals surface area (Å²) in [7, 11) is 1.74. The van der Waals surface area contributed by atoms with Crippen LogP contribution in [-0.4, -0.2) is 18.2 Å². The molecule has 18 heavy (non-hydrogen) atoms. The molecule has 1 aromatic heterocycles. The molecule has 0 radical (unpaired) electrons. The lowest BCUT2D eigenvalue weighted by atomic mass is 9.81. The molecule has 0 saturated heterocycles. The van der Waals surface area contributed by atoms with E-state index < -0.39 is 0 Å². The summed E-state index contributed by atoms with van der Waals surface area (Å²) in [5.41, 5.74) is 13.9. The number of hydrogen-bond acceptors (Lipinski definition) is 4. The molecule has 0 spiro atoms. The molecule has 1 saturated carbocycles. The maximum absolute atomic E-state index is 6.34. The number of aromatic nitrogens is 1. The van der Waals surface area contributed by atoms with Crippen LogP contribution in [0.5, 0.6) is 0 Å².